The van der Waals surface area contributed by atoms with E-state index < -0.39 is 0 Å². The SMILES string of the molecule is C#CCNC(=O)c1ccc(Br)cc1O. The minimum Gasteiger partial charge on any atom is -0.507 e. The molecule has 4 heteroatoms. The van der Waals surface area contributed by atoms with Crippen molar-refractivity contribution in [3.63, 3.8) is 0 Å². The average molecular weight is 254 g/mol. The van der Waals surface area contributed by atoms with E-state index in [0.29, 0.717) is 4.47 Å². The predicted octanol–water partition coefficient (Wildman–Crippen LogP) is 1.52. The molecule has 2 N–H and O–H groups in total. The Labute approximate surface area is 90.3 Å². The van der Waals surface area contributed by atoms with Crippen LogP contribution in [-0.2, 0) is 0 Å². The van der Waals surface area contributed by atoms with E-state index in [1.54, 1.807) is 6.07 Å². The highest BCUT2D eigenvalue weighted by atomic mass is 79.9. The van der Waals surface area contributed by atoms with Gasteiger partial charge in [-0.15, -0.1) is 6.42 Å². The highest BCUT2D eigenvalue weighted by molar-refractivity contribution is 9.10. The molecule has 3 nitrogen and oxygen atoms in total. The van der Waals surface area contributed by atoms with Crippen LogP contribution in [0.2, 0.25) is 0 Å². The maximum atomic E-state index is 11.4. The number of terminal acetylenes is 1. The van der Waals surface area contributed by atoms with Gasteiger partial charge in [0.25, 0.3) is 5.91 Å². The Bertz CT molecular complexity index is 396. The summed E-state index contributed by atoms with van der Waals surface area (Å²) in [4.78, 5) is 11.4. The summed E-state index contributed by atoms with van der Waals surface area (Å²) < 4.78 is 0.712. The molecule has 0 aromatic heterocycles. The number of carbonyl (C=O) groups is 1. The van der Waals surface area contributed by atoms with Crippen LogP contribution >= 0.6 is 15.9 Å². The van der Waals surface area contributed by atoms with E-state index in [4.69, 9.17) is 6.42 Å². The Morgan fingerprint density at radius 2 is 2.36 bits per heavy atom. The first kappa shape index (κ1) is 10.6. The number of aromatic hydroxyl groups is 1. The molecule has 14 heavy (non-hydrogen) atoms. The van der Waals surface area contributed by atoms with E-state index in [2.05, 4.69) is 27.2 Å². The van der Waals surface area contributed by atoms with Crippen molar-refractivity contribution in [3.8, 4) is 18.1 Å². The van der Waals surface area contributed by atoms with Crippen LogP contribution in [0.15, 0.2) is 22.7 Å². The van der Waals surface area contributed by atoms with Crippen molar-refractivity contribution in [2.75, 3.05) is 6.54 Å². The van der Waals surface area contributed by atoms with Gasteiger partial charge in [0.15, 0.2) is 0 Å². The first-order valence-corrected chi connectivity index (χ1v) is 4.64. The number of phenols is 1. The van der Waals surface area contributed by atoms with E-state index in [9.17, 15) is 9.90 Å². The smallest absolute Gasteiger partial charge is 0.255 e. The normalized spacial score (nSPS) is 9.14. The summed E-state index contributed by atoms with van der Waals surface area (Å²) in [5, 5.41) is 11.9. The van der Waals surface area contributed by atoms with Gasteiger partial charge in [-0.1, -0.05) is 21.9 Å². The molecule has 0 fully saturated rings. The van der Waals surface area contributed by atoms with E-state index in [1.165, 1.54) is 12.1 Å². The molecule has 1 amide bonds. The van der Waals surface area contributed by atoms with Crippen molar-refractivity contribution in [1.29, 1.82) is 0 Å². The largest absolute Gasteiger partial charge is 0.507 e. The minimum absolute atomic E-state index is 0.0751. The molecule has 1 aromatic carbocycles. The lowest BCUT2D eigenvalue weighted by Gasteiger charge is -2.04. The molecule has 72 valence electrons. The first-order chi connectivity index (χ1) is 6.65. The summed E-state index contributed by atoms with van der Waals surface area (Å²) in [5.74, 6) is 1.82. The quantitative estimate of drug-likeness (QED) is 0.786. The zero-order valence-electron chi connectivity index (χ0n) is 7.25. The molecule has 0 saturated heterocycles. The molecule has 0 spiro atoms. The van der Waals surface area contributed by atoms with Crippen LogP contribution in [0.5, 0.6) is 5.75 Å². The van der Waals surface area contributed by atoms with Crippen molar-refractivity contribution in [3.05, 3.63) is 28.2 Å². The molecular formula is C10H8BrNO2. The molecule has 0 heterocycles. The Hall–Kier alpha value is -1.47. The lowest BCUT2D eigenvalue weighted by Crippen LogP contribution is -2.23. The fourth-order valence-electron chi connectivity index (χ4n) is 0.923. The standard InChI is InChI=1S/C10H8BrNO2/c1-2-5-12-10(14)8-4-3-7(11)6-9(8)13/h1,3-4,6,13H,5H2,(H,12,14). The van der Waals surface area contributed by atoms with Crippen molar-refractivity contribution in [2.45, 2.75) is 0 Å². The third-order valence-electron chi connectivity index (χ3n) is 1.56. The summed E-state index contributed by atoms with van der Waals surface area (Å²) in [6.45, 7) is 0.147. The van der Waals surface area contributed by atoms with E-state index in [1.807, 2.05) is 0 Å². The third-order valence-corrected chi connectivity index (χ3v) is 2.05. The van der Waals surface area contributed by atoms with Gasteiger partial charge in [0.05, 0.1) is 12.1 Å². The summed E-state index contributed by atoms with van der Waals surface area (Å²) in [7, 11) is 0. The summed E-state index contributed by atoms with van der Waals surface area (Å²) >= 11 is 3.17. The molecule has 0 radical (unpaired) electrons. The third kappa shape index (κ3) is 2.51. The highest BCUT2D eigenvalue weighted by Crippen LogP contribution is 2.21. The molecule has 0 aliphatic carbocycles. The van der Waals surface area contributed by atoms with Gasteiger partial charge in [0, 0.05) is 4.47 Å². The molecule has 0 saturated carbocycles. The molecule has 0 aliphatic heterocycles. The lowest BCUT2D eigenvalue weighted by molar-refractivity contribution is 0.0956. The van der Waals surface area contributed by atoms with Gasteiger partial charge < -0.3 is 10.4 Å². The number of benzene rings is 1. The number of carbonyl (C=O) groups excluding carboxylic acids is 1. The Morgan fingerprint density at radius 3 is 2.93 bits per heavy atom. The zero-order valence-corrected chi connectivity index (χ0v) is 8.84. The summed E-state index contributed by atoms with van der Waals surface area (Å²) in [5.41, 5.74) is 0.212. The molecule has 0 aliphatic rings. The summed E-state index contributed by atoms with van der Waals surface area (Å²) in [6, 6.07) is 4.64. The van der Waals surface area contributed by atoms with Gasteiger partial charge in [-0.3, -0.25) is 4.79 Å². The van der Waals surface area contributed by atoms with E-state index >= 15 is 0 Å². The lowest BCUT2D eigenvalue weighted by atomic mass is 10.2. The van der Waals surface area contributed by atoms with E-state index in [0.717, 1.165) is 0 Å². The maximum Gasteiger partial charge on any atom is 0.255 e. The number of phenolic OH excluding ortho intramolecular Hbond substituents is 1. The van der Waals surface area contributed by atoms with Gasteiger partial charge in [-0.25, -0.2) is 0 Å². The fourth-order valence-corrected chi connectivity index (χ4v) is 1.27. The van der Waals surface area contributed by atoms with Gasteiger partial charge >= 0.3 is 0 Å². The Kier molecular flexibility index (Phi) is 3.55. The topological polar surface area (TPSA) is 49.3 Å². The molecule has 0 unspecified atom stereocenters. The van der Waals surface area contributed by atoms with Crippen molar-refractivity contribution >= 4 is 21.8 Å². The van der Waals surface area contributed by atoms with Gasteiger partial charge in [-0.2, -0.15) is 0 Å². The van der Waals surface area contributed by atoms with Crippen LogP contribution in [0.3, 0.4) is 0 Å². The van der Waals surface area contributed by atoms with Crippen molar-refractivity contribution in [2.24, 2.45) is 0 Å². The second kappa shape index (κ2) is 4.68. The van der Waals surface area contributed by atoms with Crippen LogP contribution in [-0.4, -0.2) is 17.6 Å². The molecular weight excluding hydrogens is 246 g/mol. The summed E-state index contributed by atoms with van der Waals surface area (Å²) in [6.07, 6.45) is 4.98. The molecule has 0 bridgehead atoms. The monoisotopic (exact) mass is 253 g/mol. The van der Waals surface area contributed by atoms with Crippen LogP contribution in [0.1, 0.15) is 10.4 Å². The average Bonchev–Trinajstić information content (AvgIpc) is 2.14. The van der Waals surface area contributed by atoms with Crippen molar-refractivity contribution < 1.29 is 9.90 Å². The van der Waals surface area contributed by atoms with Gasteiger partial charge in [0.1, 0.15) is 5.75 Å². The Balaban J connectivity index is 2.86. The minimum atomic E-state index is -0.382. The van der Waals surface area contributed by atoms with Crippen molar-refractivity contribution in [1.82, 2.24) is 5.32 Å². The first-order valence-electron chi connectivity index (χ1n) is 3.85. The van der Waals surface area contributed by atoms with Crippen LogP contribution in [0.25, 0.3) is 0 Å². The predicted molar refractivity (Wildman–Crippen MR) is 57.0 cm³/mol. The molecule has 1 rings (SSSR count). The van der Waals surface area contributed by atoms with E-state index in [-0.39, 0.29) is 23.8 Å². The Morgan fingerprint density at radius 1 is 1.64 bits per heavy atom. The molecule has 0 atom stereocenters. The number of nitrogens with one attached hydrogen (secondary N) is 1. The molecule has 1 aromatic rings. The zero-order chi connectivity index (χ0) is 10.6. The number of hydrogen-bond donors (Lipinski definition) is 2. The number of amides is 1. The number of hydrogen-bond acceptors (Lipinski definition) is 2. The number of halogens is 1. The fraction of sp³-hybridized carbons (Fsp3) is 0.100. The highest BCUT2D eigenvalue weighted by Gasteiger charge is 2.09. The van der Waals surface area contributed by atoms with Gasteiger partial charge in [-0.05, 0) is 18.2 Å². The van der Waals surface area contributed by atoms with Crippen LogP contribution < -0.4 is 5.32 Å². The second-order valence-corrected chi connectivity index (χ2v) is 3.46. The second-order valence-electron chi connectivity index (χ2n) is 2.55. The van der Waals surface area contributed by atoms with Crippen LogP contribution in [0.4, 0.5) is 0 Å². The van der Waals surface area contributed by atoms with Gasteiger partial charge in [0.2, 0.25) is 0 Å². The van der Waals surface area contributed by atoms with Crippen LogP contribution in [0, 0.1) is 12.3 Å². The maximum absolute atomic E-state index is 11.4. The number of rotatable bonds is 2.